The Balaban J connectivity index is 1.56. The van der Waals surface area contributed by atoms with E-state index in [0.29, 0.717) is 53.1 Å². The lowest BCUT2D eigenvalue weighted by atomic mass is 10.2. The zero-order valence-corrected chi connectivity index (χ0v) is 18.1. The number of methoxy groups -OCH3 is 2. The Bertz CT molecular complexity index is 1220. The zero-order chi connectivity index (χ0) is 21.6. The Morgan fingerprint density at radius 1 is 1.06 bits per heavy atom. The van der Waals surface area contributed by atoms with Crippen LogP contribution < -0.4 is 10.3 Å². The fourth-order valence-electron chi connectivity index (χ4n) is 3.12. The van der Waals surface area contributed by atoms with E-state index in [1.165, 1.54) is 11.8 Å². The molecule has 0 saturated heterocycles. The molecule has 0 spiro atoms. The Hall–Kier alpha value is -3.17. The van der Waals surface area contributed by atoms with Gasteiger partial charge in [-0.3, -0.25) is 9.36 Å². The Kier molecular flexibility index (Phi) is 6.63. The summed E-state index contributed by atoms with van der Waals surface area (Å²) in [4.78, 5) is 22.2. The number of benzene rings is 2. The quantitative estimate of drug-likeness (QED) is 0.221. The van der Waals surface area contributed by atoms with Crippen molar-refractivity contribution in [2.75, 3.05) is 20.8 Å². The summed E-state index contributed by atoms with van der Waals surface area (Å²) in [6, 6.07) is 14.8. The van der Waals surface area contributed by atoms with Gasteiger partial charge >= 0.3 is 0 Å². The summed E-state index contributed by atoms with van der Waals surface area (Å²) in [6.45, 7) is 1.09. The van der Waals surface area contributed by atoms with Crippen LogP contribution in [0.15, 0.2) is 63.0 Å². The van der Waals surface area contributed by atoms with Gasteiger partial charge in [-0.25, -0.2) is 4.98 Å². The van der Waals surface area contributed by atoms with Crippen molar-refractivity contribution in [2.24, 2.45) is 0 Å². The van der Waals surface area contributed by atoms with Gasteiger partial charge in [-0.1, -0.05) is 29.1 Å². The van der Waals surface area contributed by atoms with Crippen molar-refractivity contribution in [3.05, 3.63) is 64.8 Å². The van der Waals surface area contributed by atoms with Crippen LogP contribution in [0.5, 0.6) is 5.75 Å². The van der Waals surface area contributed by atoms with Crippen LogP contribution in [0.3, 0.4) is 0 Å². The number of hydrogen-bond donors (Lipinski definition) is 0. The van der Waals surface area contributed by atoms with Crippen molar-refractivity contribution in [1.29, 1.82) is 0 Å². The van der Waals surface area contributed by atoms with Gasteiger partial charge in [0.2, 0.25) is 11.7 Å². The molecule has 0 aliphatic carbocycles. The van der Waals surface area contributed by atoms with E-state index in [4.69, 9.17) is 19.0 Å². The highest BCUT2D eigenvalue weighted by molar-refractivity contribution is 7.98. The summed E-state index contributed by atoms with van der Waals surface area (Å²) in [7, 11) is 3.27. The molecule has 0 fully saturated rings. The predicted octanol–water partition coefficient (Wildman–Crippen LogP) is 3.78. The summed E-state index contributed by atoms with van der Waals surface area (Å²) < 4.78 is 17.4. The Morgan fingerprint density at radius 3 is 2.65 bits per heavy atom. The van der Waals surface area contributed by atoms with Crippen molar-refractivity contribution in [1.82, 2.24) is 19.7 Å². The zero-order valence-electron chi connectivity index (χ0n) is 17.3. The molecule has 160 valence electrons. The second-order valence-electron chi connectivity index (χ2n) is 6.74. The fraction of sp³-hybridized carbons (Fsp3) is 0.273. The Morgan fingerprint density at radius 2 is 1.87 bits per heavy atom. The molecule has 0 bridgehead atoms. The van der Waals surface area contributed by atoms with E-state index in [1.54, 1.807) is 24.9 Å². The van der Waals surface area contributed by atoms with E-state index in [0.717, 1.165) is 11.3 Å². The maximum absolute atomic E-state index is 13.0. The normalized spacial score (nSPS) is 11.2. The molecule has 0 saturated carbocycles. The minimum Gasteiger partial charge on any atom is -0.497 e. The third kappa shape index (κ3) is 4.78. The molecule has 0 unspecified atom stereocenters. The number of aromatic nitrogens is 4. The third-order valence-corrected chi connectivity index (χ3v) is 5.66. The number of para-hydroxylation sites is 1. The molecule has 0 aliphatic heterocycles. The first-order chi connectivity index (χ1) is 15.2. The summed E-state index contributed by atoms with van der Waals surface area (Å²) in [5.41, 5.74) is 1.44. The van der Waals surface area contributed by atoms with Gasteiger partial charge in [0.05, 0.1) is 23.8 Å². The number of hydrogen-bond acceptors (Lipinski definition) is 8. The minimum absolute atomic E-state index is 0.0614. The van der Waals surface area contributed by atoms with E-state index in [1.807, 2.05) is 42.5 Å². The molecule has 31 heavy (non-hydrogen) atoms. The summed E-state index contributed by atoms with van der Waals surface area (Å²) in [5, 5.41) is 5.27. The van der Waals surface area contributed by atoms with Crippen LogP contribution in [0.25, 0.3) is 22.3 Å². The number of rotatable bonds is 9. The van der Waals surface area contributed by atoms with Gasteiger partial charge in [0, 0.05) is 25.8 Å². The van der Waals surface area contributed by atoms with Gasteiger partial charge in [0.1, 0.15) is 5.75 Å². The molecule has 4 aromatic rings. The topological polar surface area (TPSA) is 92.3 Å². The van der Waals surface area contributed by atoms with Gasteiger partial charge in [-0.05, 0) is 42.8 Å². The van der Waals surface area contributed by atoms with Crippen LogP contribution in [0, 0.1) is 0 Å². The van der Waals surface area contributed by atoms with Crippen molar-refractivity contribution in [3.8, 4) is 17.1 Å². The first-order valence-electron chi connectivity index (χ1n) is 9.78. The molecule has 2 aromatic carbocycles. The predicted molar refractivity (Wildman–Crippen MR) is 118 cm³/mol. The molecule has 2 aromatic heterocycles. The van der Waals surface area contributed by atoms with Crippen LogP contribution in [-0.2, 0) is 17.0 Å². The monoisotopic (exact) mass is 438 g/mol. The molecule has 2 heterocycles. The van der Waals surface area contributed by atoms with E-state index in [2.05, 4.69) is 10.1 Å². The molecule has 0 N–H and O–H groups in total. The molecule has 0 radical (unpaired) electrons. The van der Waals surface area contributed by atoms with Crippen LogP contribution in [-0.4, -0.2) is 40.5 Å². The van der Waals surface area contributed by atoms with Gasteiger partial charge in [-0.2, -0.15) is 4.98 Å². The fourth-order valence-corrected chi connectivity index (χ4v) is 3.98. The van der Waals surface area contributed by atoms with Crippen LogP contribution in [0.4, 0.5) is 0 Å². The van der Waals surface area contributed by atoms with Gasteiger partial charge in [-0.15, -0.1) is 0 Å². The second kappa shape index (κ2) is 9.76. The van der Waals surface area contributed by atoms with Gasteiger partial charge in [0.25, 0.3) is 5.56 Å². The molecule has 4 rings (SSSR count). The molecule has 0 atom stereocenters. The summed E-state index contributed by atoms with van der Waals surface area (Å²) >= 11 is 1.40. The second-order valence-corrected chi connectivity index (χ2v) is 7.69. The smallest absolute Gasteiger partial charge is 0.262 e. The van der Waals surface area contributed by atoms with E-state index in [9.17, 15) is 4.79 Å². The van der Waals surface area contributed by atoms with E-state index >= 15 is 0 Å². The molecule has 8 nitrogen and oxygen atoms in total. The highest BCUT2D eigenvalue weighted by Gasteiger charge is 2.14. The Labute approximate surface area is 183 Å². The molecular weight excluding hydrogens is 416 g/mol. The molecular formula is C22H22N4O4S. The highest BCUT2D eigenvalue weighted by Crippen LogP contribution is 2.24. The number of thioether (sulfide) groups is 1. The first kappa shape index (κ1) is 21.1. The number of ether oxygens (including phenoxy) is 2. The highest BCUT2D eigenvalue weighted by atomic mass is 32.2. The number of fused-ring (bicyclic) bond motifs is 1. The largest absolute Gasteiger partial charge is 0.497 e. The van der Waals surface area contributed by atoms with Crippen molar-refractivity contribution in [3.63, 3.8) is 0 Å². The van der Waals surface area contributed by atoms with E-state index < -0.39 is 0 Å². The lowest BCUT2D eigenvalue weighted by Gasteiger charge is -2.12. The average molecular weight is 439 g/mol. The van der Waals surface area contributed by atoms with Crippen molar-refractivity contribution in [2.45, 2.75) is 23.9 Å². The molecule has 9 heteroatoms. The standard InChI is InChI=1S/C22H22N4O4S/c1-28-13-5-12-26-21(27)17-6-3-4-7-18(17)23-22(26)31-14-19-24-20(25-30-19)15-8-10-16(29-2)11-9-15/h3-4,6-11H,5,12-14H2,1-2H3. The lowest BCUT2D eigenvalue weighted by Crippen LogP contribution is -2.24. The SMILES string of the molecule is COCCCn1c(SCc2nc(-c3ccc(OC)cc3)no2)nc2ccccc2c1=O. The van der Waals surface area contributed by atoms with Gasteiger partial charge in [0.15, 0.2) is 5.16 Å². The average Bonchev–Trinajstić information content (AvgIpc) is 3.28. The first-order valence-corrected chi connectivity index (χ1v) is 10.8. The van der Waals surface area contributed by atoms with Crippen LogP contribution >= 0.6 is 11.8 Å². The molecule has 0 aliphatic rings. The van der Waals surface area contributed by atoms with Crippen molar-refractivity contribution >= 4 is 22.7 Å². The number of nitrogens with zero attached hydrogens (tertiary/aromatic N) is 4. The van der Waals surface area contributed by atoms with Gasteiger partial charge < -0.3 is 14.0 Å². The summed E-state index contributed by atoms with van der Waals surface area (Å²) in [6.07, 6.45) is 0.714. The lowest BCUT2D eigenvalue weighted by molar-refractivity contribution is 0.189. The summed E-state index contributed by atoms with van der Waals surface area (Å²) in [5.74, 6) is 2.12. The van der Waals surface area contributed by atoms with Crippen molar-refractivity contribution < 1.29 is 14.0 Å². The minimum atomic E-state index is -0.0614. The van der Waals surface area contributed by atoms with Crippen LogP contribution in [0.2, 0.25) is 0 Å². The maximum atomic E-state index is 13.0. The van der Waals surface area contributed by atoms with E-state index in [-0.39, 0.29) is 5.56 Å². The maximum Gasteiger partial charge on any atom is 0.262 e. The van der Waals surface area contributed by atoms with Crippen LogP contribution in [0.1, 0.15) is 12.3 Å². The third-order valence-electron chi connectivity index (χ3n) is 4.70. The molecule has 0 amide bonds.